The van der Waals surface area contributed by atoms with Crippen LogP contribution in [0.4, 0.5) is 4.39 Å². The Kier molecular flexibility index (Phi) is 11.3. The molecule has 0 aromatic rings. The van der Waals surface area contributed by atoms with E-state index in [4.69, 9.17) is 41.9 Å². The molecule has 2 saturated carbocycles. The highest BCUT2D eigenvalue weighted by Gasteiger charge is 2.51. The Balaban J connectivity index is 1.54. The van der Waals surface area contributed by atoms with Crippen molar-refractivity contribution in [1.29, 1.82) is 0 Å². The molecule has 14 N–H and O–H groups in total. The topological polar surface area (TPSA) is 267 Å². The highest BCUT2D eigenvalue weighted by atomic mass is 19.1. The summed E-state index contributed by atoms with van der Waals surface area (Å²) in [5.74, 6) is -0.0205. The summed E-state index contributed by atoms with van der Waals surface area (Å²) in [7, 11) is 0. The summed E-state index contributed by atoms with van der Waals surface area (Å²) in [4.78, 5) is 4.49. The van der Waals surface area contributed by atoms with Gasteiger partial charge in [0.15, 0.2) is 12.6 Å². The van der Waals surface area contributed by atoms with Gasteiger partial charge >= 0.3 is 0 Å². The fourth-order valence-corrected chi connectivity index (χ4v) is 5.78. The predicted octanol–water partition coefficient (Wildman–Crippen LogP) is -4.35. The smallest absolute Gasteiger partial charge is 0.186 e. The number of nitrogens with zero attached hydrogens (tertiary/aromatic N) is 1. The van der Waals surface area contributed by atoms with Crippen LogP contribution in [0.15, 0.2) is 4.99 Å². The molecule has 0 aromatic carbocycles. The monoisotopic (exact) mass is 594 g/mol. The molecule has 238 valence electrons. The minimum Gasteiger partial charge on any atom is -0.394 e. The third-order valence-electron chi connectivity index (χ3n) is 8.61. The second-order valence-electron chi connectivity index (χ2n) is 11.6. The van der Waals surface area contributed by atoms with Crippen LogP contribution in [0.25, 0.3) is 0 Å². The van der Waals surface area contributed by atoms with E-state index >= 15 is 0 Å². The van der Waals surface area contributed by atoms with Gasteiger partial charge in [-0.3, -0.25) is 4.99 Å². The summed E-state index contributed by atoms with van der Waals surface area (Å²) in [5, 5.41) is 55.8. The van der Waals surface area contributed by atoms with Gasteiger partial charge < -0.3 is 72.7 Å². The van der Waals surface area contributed by atoms with E-state index in [0.29, 0.717) is 32.2 Å². The first kappa shape index (κ1) is 32.8. The molecule has 2 heterocycles. The van der Waals surface area contributed by atoms with Gasteiger partial charge in [0.2, 0.25) is 0 Å². The largest absolute Gasteiger partial charge is 0.394 e. The van der Waals surface area contributed by atoms with E-state index in [9.17, 15) is 29.9 Å². The number of rotatable bonds is 11. The second kappa shape index (κ2) is 14.1. The van der Waals surface area contributed by atoms with E-state index < -0.39 is 92.3 Å². The highest BCUT2D eigenvalue weighted by Crippen LogP contribution is 2.35. The number of ether oxygens (including phenoxy) is 4. The normalized spacial score (nSPS) is 45.3. The van der Waals surface area contributed by atoms with Crippen LogP contribution in [0.2, 0.25) is 0 Å². The van der Waals surface area contributed by atoms with E-state index in [1.807, 2.05) is 0 Å². The number of alkyl halides is 1. The van der Waals surface area contributed by atoms with Gasteiger partial charge in [-0.1, -0.05) is 0 Å². The first-order valence-electron chi connectivity index (χ1n) is 14.4. The van der Waals surface area contributed by atoms with Crippen molar-refractivity contribution in [1.82, 2.24) is 5.32 Å². The summed E-state index contributed by atoms with van der Waals surface area (Å²) in [5.41, 5.74) is 23.6. The summed E-state index contributed by atoms with van der Waals surface area (Å²) in [6, 6.07) is -3.39. The first-order chi connectivity index (χ1) is 19.5. The van der Waals surface area contributed by atoms with Crippen LogP contribution >= 0.6 is 0 Å². The molecule has 4 fully saturated rings. The molecule has 4 rings (SSSR count). The Hall–Kier alpha value is -1.12. The lowest BCUT2D eigenvalue weighted by atomic mass is 9.78. The number of hydrogen-bond donors (Lipinski definition) is 10. The molecule has 0 aromatic heterocycles. The molecule has 2 aliphatic heterocycles. The molecule has 4 aliphatic rings. The third-order valence-corrected chi connectivity index (χ3v) is 8.61. The zero-order chi connectivity index (χ0) is 29.9. The third kappa shape index (κ3) is 7.34. The summed E-state index contributed by atoms with van der Waals surface area (Å²) in [6.07, 6.45) is -7.43. The van der Waals surface area contributed by atoms with Gasteiger partial charge in [-0.05, 0) is 38.5 Å². The van der Waals surface area contributed by atoms with Crippen LogP contribution in [0.3, 0.4) is 0 Å². The van der Waals surface area contributed by atoms with E-state index in [1.165, 1.54) is 0 Å². The molecule has 13 unspecified atom stereocenters. The van der Waals surface area contributed by atoms with Gasteiger partial charge in [-0.2, -0.15) is 0 Å². The molecular weight excluding hydrogens is 547 g/mol. The SMILES string of the molecule is NC(=NC1CC(N)C(OC2OC(CNCCF)CCC2N)C(O)C1OC1OC(CO)C(O)C(N)C1O)C1(O)CCC1. The van der Waals surface area contributed by atoms with E-state index in [2.05, 4.69) is 10.3 Å². The molecule has 15 nitrogen and oxygen atoms in total. The number of hydrogen-bond acceptors (Lipinski definition) is 14. The number of aliphatic imine (C=N–C) groups is 1. The second-order valence-corrected chi connectivity index (χ2v) is 11.6. The Morgan fingerprint density at radius 1 is 0.976 bits per heavy atom. The van der Waals surface area contributed by atoms with Crippen molar-refractivity contribution < 1.29 is 48.9 Å². The fraction of sp³-hybridized carbons (Fsp3) is 0.960. The Labute approximate surface area is 238 Å². The van der Waals surface area contributed by atoms with Gasteiger partial charge in [0.05, 0.1) is 30.8 Å². The zero-order valence-corrected chi connectivity index (χ0v) is 23.1. The molecule has 2 aliphatic carbocycles. The van der Waals surface area contributed by atoms with Crippen molar-refractivity contribution >= 4 is 5.84 Å². The molecule has 16 heteroatoms. The molecule has 0 amide bonds. The number of halogens is 1. The lowest BCUT2D eigenvalue weighted by Gasteiger charge is -2.48. The van der Waals surface area contributed by atoms with Gasteiger partial charge in [0.1, 0.15) is 54.7 Å². The summed E-state index contributed by atoms with van der Waals surface area (Å²) in [6.45, 7) is -0.513. The van der Waals surface area contributed by atoms with E-state index in [1.54, 1.807) is 0 Å². The van der Waals surface area contributed by atoms with Crippen LogP contribution in [0, 0.1) is 0 Å². The average Bonchev–Trinajstić information content (AvgIpc) is 2.93. The summed E-state index contributed by atoms with van der Waals surface area (Å²) < 4.78 is 36.3. The molecule has 0 spiro atoms. The van der Waals surface area contributed by atoms with Crippen molar-refractivity contribution in [2.75, 3.05) is 26.4 Å². The lowest BCUT2D eigenvalue weighted by Crippen LogP contribution is -2.67. The maximum absolute atomic E-state index is 12.5. The van der Waals surface area contributed by atoms with Crippen molar-refractivity contribution in [3.05, 3.63) is 0 Å². The maximum atomic E-state index is 12.5. The number of amidine groups is 1. The van der Waals surface area contributed by atoms with Crippen LogP contribution in [-0.2, 0) is 18.9 Å². The van der Waals surface area contributed by atoms with Crippen molar-refractivity contribution in [2.24, 2.45) is 27.9 Å². The maximum Gasteiger partial charge on any atom is 0.186 e. The fourth-order valence-electron chi connectivity index (χ4n) is 5.78. The van der Waals surface area contributed by atoms with Crippen LogP contribution in [0.5, 0.6) is 0 Å². The van der Waals surface area contributed by atoms with Crippen molar-refractivity contribution in [3.8, 4) is 0 Å². The predicted molar refractivity (Wildman–Crippen MR) is 143 cm³/mol. The minimum atomic E-state index is -1.51. The highest BCUT2D eigenvalue weighted by molar-refractivity contribution is 5.89. The van der Waals surface area contributed by atoms with Gasteiger partial charge in [0.25, 0.3) is 0 Å². The number of aliphatic hydroxyl groups is 5. The lowest BCUT2D eigenvalue weighted by molar-refractivity contribution is -0.312. The van der Waals surface area contributed by atoms with Gasteiger partial charge in [-0.15, -0.1) is 0 Å². The van der Waals surface area contributed by atoms with Gasteiger partial charge in [0, 0.05) is 19.1 Å². The first-order valence-corrected chi connectivity index (χ1v) is 14.4. The van der Waals surface area contributed by atoms with Crippen LogP contribution in [0.1, 0.15) is 38.5 Å². The summed E-state index contributed by atoms with van der Waals surface area (Å²) >= 11 is 0. The number of nitrogens with two attached hydrogens (primary N) is 4. The Morgan fingerprint density at radius 3 is 2.32 bits per heavy atom. The molecule has 41 heavy (non-hydrogen) atoms. The molecular formula is C25H47FN6O9. The van der Waals surface area contributed by atoms with Crippen molar-refractivity contribution in [2.45, 2.75) is 124 Å². The van der Waals surface area contributed by atoms with Crippen molar-refractivity contribution in [3.63, 3.8) is 0 Å². The van der Waals surface area contributed by atoms with Crippen LogP contribution < -0.4 is 28.3 Å². The zero-order valence-electron chi connectivity index (χ0n) is 23.1. The number of nitrogens with one attached hydrogen (secondary N) is 1. The van der Waals surface area contributed by atoms with Crippen LogP contribution in [-0.4, -0.2) is 143 Å². The molecule has 0 bridgehead atoms. The standard InChI is InChI=1S/C25H47FN6O9/c26-6-7-31-9-11-2-3-12(27)22(38-11)40-20-13(28)8-14(32-24(30)25(37)4-1-5-25)21(19(20)36)41-23-18(35)16(29)17(34)15(10-33)39-23/h11-23,31,33-37H,1-10,27-29H2,(H2,30,32). The molecule has 13 atom stereocenters. The average molecular weight is 595 g/mol. The molecule has 0 radical (unpaired) electrons. The van der Waals surface area contributed by atoms with E-state index in [0.717, 1.165) is 6.42 Å². The Bertz CT molecular complexity index is 873. The van der Waals surface area contributed by atoms with E-state index in [-0.39, 0.29) is 24.9 Å². The minimum absolute atomic E-state index is 0.0205. The Morgan fingerprint density at radius 2 is 1.68 bits per heavy atom. The quantitative estimate of drug-likeness (QED) is 0.0615. The number of aliphatic hydroxyl groups excluding tert-OH is 4. The molecule has 2 saturated heterocycles. The van der Waals surface area contributed by atoms with Gasteiger partial charge in [-0.25, -0.2) is 4.39 Å².